The number of urea groups is 1. The van der Waals surface area contributed by atoms with E-state index in [0.717, 1.165) is 30.6 Å². The van der Waals surface area contributed by atoms with Crippen LogP contribution in [0.5, 0.6) is 0 Å². The van der Waals surface area contributed by atoms with Gasteiger partial charge in [0.1, 0.15) is 13.1 Å². The van der Waals surface area contributed by atoms with Gasteiger partial charge in [0.05, 0.1) is 0 Å². The summed E-state index contributed by atoms with van der Waals surface area (Å²) in [6.07, 6.45) is 3.74. The second kappa shape index (κ2) is 6.58. The van der Waals surface area contributed by atoms with Crippen LogP contribution in [-0.2, 0) is 9.59 Å². The monoisotopic (exact) mass is 286 g/mol. The molecule has 0 saturated heterocycles. The SMILES string of the molecule is CC1(C)CCCC(NC(=O)N(CC(=O)O)CC(=O)O)C1. The van der Waals surface area contributed by atoms with Crippen molar-refractivity contribution in [3.8, 4) is 0 Å². The van der Waals surface area contributed by atoms with E-state index in [4.69, 9.17) is 10.2 Å². The van der Waals surface area contributed by atoms with Crippen LogP contribution in [0.2, 0.25) is 0 Å². The molecule has 1 rings (SSSR count). The van der Waals surface area contributed by atoms with E-state index < -0.39 is 31.1 Å². The molecule has 0 aromatic carbocycles. The van der Waals surface area contributed by atoms with Gasteiger partial charge in [-0.25, -0.2) is 4.79 Å². The lowest BCUT2D eigenvalue weighted by Gasteiger charge is -2.36. The minimum absolute atomic E-state index is 0.0312. The van der Waals surface area contributed by atoms with Crippen molar-refractivity contribution in [3.63, 3.8) is 0 Å². The average Bonchev–Trinajstić information content (AvgIpc) is 2.25. The van der Waals surface area contributed by atoms with Crippen LogP contribution in [0, 0.1) is 5.41 Å². The molecule has 1 unspecified atom stereocenters. The molecule has 20 heavy (non-hydrogen) atoms. The largest absolute Gasteiger partial charge is 0.480 e. The highest BCUT2D eigenvalue weighted by molar-refractivity contribution is 5.84. The summed E-state index contributed by atoms with van der Waals surface area (Å²) in [4.78, 5) is 34.1. The van der Waals surface area contributed by atoms with Gasteiger partial charge in [0.15, 0.2) is 0 Å². The predicted molar refractivity (Wildman–Crippen MR) is 71.4 cm³/mol. The molecule has 1 saturated carbocycles. The molecular formula is C13H22N2O5. The number of carboxylic acid groups (broad SMARTS) is 2. The maximum Gasteiger partial charge on any atom is 0.323 e. The molecule has 0 spiro atoms. The Hall–Kier alpha value is -1.79. The Labute approximate surface area is 117 Å². The topological polar surface area (TPSA) is 107 Å². The Kier molecular flexibility index (Phi) is 5.35. The Bertz CT molecular complexity index is 378. The number of nitrogens with one attached hydrogen (secondary N) is 1. The molecule has 0 heterocycles. The summed E-state index contributed by atoms with van der Waals surface area (Å²) in [7, 11) is 0. The molecule has 114 valence electrons. The molecule has 7 nitrogen and oxygen atoms in total. The molecule has 3 N–H and O–H groups in total. The first-order valence-electron chi connectivity index (χ1n) is 6.69. The van der Waals surface area contributed by atoms with Gasteiger partial charge in [-0.3, -0.25) is 9.59 Å². The molecule has 0 aromatic rings. The molecule has 0 aliphatic heterocycles. The number of aliphatic carboxylic acids is 2. The summed E-state index contributed by atoms with van der Waals surface area (Å²) in [5.41, 5.74) is 0.140. The van der Waals surface area contributed by atoms with E-state index in [1.165, 1.54) is 0 Å². The second-order valence-electron chi connectivity index (χ2n) is 6.05. The van der Waals surface area contributed by atoms with Gasteiger partial charge in [-0.05, 0) is 24.7 Å². The van der Waals surface area contributed by atoms with Gasteiger partial charge in [-0.2, -0.15) is 0 Å². The maximum absolute atomic E-state index is 12.0. The summed E-state index contributed by atoms with van der Waals surface area (Å²) >= 11 is 0. The molecule has 2 amide bonds. The standard InChI is InChI=1S/C13H22N2O5/c1-13(2)5-3-4-9(6-13)14-12(20)15(7-10(16)17)8-11(18)19/h9H,3-8H2,1-2H3,(H,14,20)(H,16,17)(H,18,19). The summed E-state index contributed by atoms with van der Waals surface area (Å²) < 4.78 is 0. The van der Waals surface area contributed by atoms with Crippen molar-refractivity contribution in [1.29, 1.82) is 0 Å². The second-order valence-corrected chi connectivity index (χ2v) is 6.05. The van der Waals surface area contributed by atoms with Gasteiger partial charge in [0.25, 0.3) is 0 Å². The normalized spacial score (nSPS) is 21.0. The molecule has 1 fully saturated rings. The minimum atomic E-state index is -1.23. The van der Waals surface area contributed by atoms with Crippen molar-refractivity contribution in [2.75, 3.05) is 13.1 Å². The third kappa shape index (κ3) is 5.46. The van der Waals surface area contributed by atoms with Crippen LogP contribution in [0.15, 0.2) is 0 Å². The zero-order valence-electron chi connectivity index (χ0n) is 11.9. The van der Waals surface area contributed by atoms with E-state index >= 15 is 0 Å². The number of hydrogen-bond acceptors (Lipinski definition) is 3. The summed E-state index contributed by atoms with van der Waals surface area (Å²) in [6, 6.07) is -0.658. The van der Waals surface area contributed by atoms with Crippen molar-refractivity contribution in [2.45, 2.75) is 45.6 Å². The average molecular weight is 286 g/mol. The fourth-order valence-corrected chi connectivity index (χ4v) is 2.61. The van der Waals surface area contributed by atoms with Crippen molar-refractivity contribution in [2.24, 2.45) is 5.41 Å². The number of carbonyl (C=O) groups excluding carboxylic acids is 1. The first-order valence-corrected chi connectivity index (χ1v) is 6.69. The number of amides is 2. The van der Waals surface area contributed by atoms with Gasteiger partial charge in [0, 0.05) is 6.04 Å². The van der Waals surface area contributed by atoms with Gasteiger partial charge >= 0.3 is 18.0 Å². The minimum Gasteiger partial charge on any atom is -0.480 e. The van der Waals surface area contributed by atoms with E-state index in [2.05, 4.69) is 19.2 Å². The van der Waals surface area contributed by atoms with Crippen molar-refractivity contribution < 1.29 is 24.6 Å². The van der Waals surface area contributed by atoms with Crippen LogP contribution < -0.4 is 5.32 Å². The highest BCUT2D eigenvalue weighted by Crippen LogP contribution is 2.35. The molecule has 1 atom stereocenters. The molecule has 0 radical (unpaired) electrons. The quantitative estimate of drug-likeness (QED) is 0.702. The van der Waals surface area contributed by atoms with E-state index in [1.54, 1.807) is 0 Å². The fraction of sp³-hybridized carbons (Fsp3) is 0.769. The first-order chi connectivity index (χ1) is 9.19. The van der Waals surface area contributed by atoms with E-state index in [-0.39, 0.29) is 11.5 Å². The van der Waals surface area contributed by atoms with Crippen molar-refractivity contribution in [1.82, 2.24) is 10.2 Å². The molecule has 1 aliphatic rings. The predicted octanol–water partition coefficient (Wildman–Crippen LogP) is 1.14. The van der Waals surface area contributed by atoms with Crippen LogP contribution in [0.3, 0.4) is 0 Å². The first kappa shape index (κ1) is 16.3. The third-order valence-corrected chi connectivity index (χ3v) is 3.47. The van der Waals surface area contributed by atoms with E-state index in [9.17, 15) is 14.4 Å². The number of hydrogen-bond donors (Lipinski definition) is 3. The van der Waals surface area contributed by atoms with Gasteiger partial charge in [-0.15, -0.1) is 0 Å². The summed E-state index contributed by atoms with van der Waals surface area (Å²) in [6.45, 7) is 3.01. The lowest BCUT2D eigenvalue weighted by molar-refractivity contribution is -0.140. The zero-order chi connectivity index (χ0) is 15.3. The van der Waals surface area contributed by atoms with Crippen LogP contribution in [0.1, 0.15) is 39.5 Å². The van der Waals surface area contributed by atoms with Gasteiger partial charge < -0.3 is 20.4 Å². The van der Waals surface area contributed by atoms with Crippen molar-refractivity contribution >= 4 is 18.0 Å². The maximum atomic E-state index is 12.0. The number of rotatable bonds is 5. The van der Waals surface area contributed by atoms with E-state index in [0.29, 0.717) is 0 Å². The molecule has 1 aliphatic carbocycles. The van der Waals surface area contributed by atoms with Crippen LogP contribution in [0.25, 0.3) is 0 Å². The van der Waals surface area contributed by atoms with Gasteiger partial charge in [-0.1, -0.05) is 20.3 Å². The fourth-order valence-electron chi connectivity index (χ4n) is 2.61. The smallest absolute Gasteiger partial charge is 0.323 e. The Morgan fingerprint density at radius 3 is 2.20 bits per heavy atom. The van der Waals surface area contributed by atoms with Crippen LogP contribution in [0.4, 0.5) is 4.79 Å². The third-order valence-electron chi connectivity index (χ3n) is 3.47. The zero-order valence-corrected chi connectivity index (χ0v) is 11.9. The molecule has 0 aromatic heterocycles. The van der Waals surface area contributed by atoms with Crippen LogP contribution >= 0.6 is 0 Å². The molecular weight excluding hydrogens is 264 g/mol. The van der Waals surface area contributed by atoms with Gasteiger partial charge in [0.2, 0.25) is 0 Å². The molecule has 7 heteroatoms. The molecule has 0 bridgehead atoms. The Balaban J connectivity index is 2.60. The summed E-state index contributed by atoms with van der Waals surface area (Å²) in [5.74, 6) is -2.46. The lowest BCUT2D eigenvalue weighted by Crippen LogP contribution is -2.50. The lowest BCUT2D eigenvalue weighted by atomic mass is 9.75. The van der Waals surface area contributed by atoms with E-state index in [1.807, 2.05) is 0 Å². The van der Waals surface area contributed by atoms with Crippen molar-refractivity contribution in [3.05, 3.63) is 0 Å². The highest BCUT2D eigenvalue weighted by atomic mass is 16.4. The summed E-state index contributed by atoms with van der Waals surface area (Å²) in [5, 5.41) is 20.2. The highest BCUT2D eigenvalue weighted by Gasteiger charge is 2.30. The number of nitrogens with zero attached hydrogens (tertiary/aromatic N) is 1. The Morgan fingerprint density at radius 2 is 1.75 bits per heavy atom. The number of carboxylic acids is 2. The Morgan fingerprint density at radius 1 is 1.20 bits per heavy atom. The van der Waals surface area contributed by atoms with Crippen LogP contribution in [-0.4, -0.2) is 52.2 Å². The number of carbonyl (C=O) groups is 3.